The number of nitrogens with zero attached hydrogens (tertiary/aromatic N) is 1. The minimum atomic E-state index is -0.703. The van der Waals surface area contributed by atoms with Gasteiger partial charge in [0.05, 0.1) is 11.1 Å². The molecule has 0 aromatic heterocycles. The van der Waals surface area contributed by atoms with E-state index in [1.165, 1.54) is 4.90 Å². The first-order chi connectivity index (χ1) is 14.0. The fraction of sp³-hybridized carbons (Fsp3) is 0.231. The molecule has 29 heavy (non-hydrogen) atoms. The van der Waals surface area contributed by atoms with Crippen LogP contribution < -0.4 is 4.90 Å². The van der Waals surface area contributed by atoms with E-state index in [2.05, 4.69) is 24.3 Å². The highest BCUT2D eigenvalue weighted by Crippen LogP contribution is 2.72. The van der Waals surface area contributed by atoms with Gasteiger partial charge in [0.2, 0.25) is 11.8 Å². The molecule has 5 rings (SSSR count). The van der Waals surface area contributed by atoms with Crippen LogP contribution in [0.5, 0.6) is 0 Å². The van der Waals surface area contributed by atoms with Crippen LogP contribution in [0, 0.1) is 19.3 Å². The first kappa shape index (κ1) is 17.9. The van der Waals surface area contributed by atoms with E-state index in [0.29, 0.717) is 12.1 Å². The van der Waals surface area contributed by atoms with E-state index in [1.807, 2.05) is 68.4 Å². The number of amides is 2. The van der Waals surface area contributed by atoms with Crippen LogP contribution in [0.4, 0.5) is 5.69 Å². The summed E-state index contributed by atoms with van der Waals surface area (Å²) in [7, 11) is 0. The number of benzene rings is 3. The van der Waals surface area contributed by atoms with Crippen LogP contribution in [0.2, 0.25) is 0 Å². The molecule has 0 radical (unpaired) electrons. The van der Waals surface area contributed by atoms with Gasteiger partial charge in [0.1, 0.15) is 0 Å². The fourth-order valence-electron chi connectivity index (χ4n) is 5.11. The Kier molecular flexibility index (Phi) is 3.79. The Morgan fingerprint density at radius 3 is 1.90 bits per heavy atom. The summed E-state index contributed by atoms with van der Waals surface area (Å²) in [6, 6.07) is 26.1. The topological polar surface area (TPSA) is 37.4 Å². The number of hydrogen-bond acceptors (Lipinski definition) is 2. The van der Waals surface area contributed by atoms with Crippen LogP contribution in [0.3, 0.4) is 0 Å². The summed E-state index contributed by atoms with van der Waals surface area (Å²) in [5.74, 6) is -0.176. The summed E-state index contributed by atoms with van der Waals surface area (Å²) in [5, 5.41) is 0. The molecule has 3 aromatic carbocycles. The maximum Gasteiger partial charge on any atom is 0.241 e. The lowest BCUT2D eigenvalue weighted by Gasteiger charge is -2.23. The molecule has 1 unspecified atom stereocenters. The van der Waals surface area contributed by atoms with Crippen LogP contribution in [0.15, 0.2) is 78.9 Å². The number of imide groups is 1. The molecular weight excluding hydrogens is 358 g/mol. The standard InChI is InChI=1S/C26H23NO2/c1-18-13-14-22(15-19(18)2)27-23(28)16-25(24(27)29)17-26(25,20-9-5-3-6-10-20)21-11-7-4-8-12-21/h3-15H,16-17H2,1-2H3. The predicted octanol–water partition coefficient (Wildman–Crippen LogP) is 4.94. The lowest BCUT2D eigenvalue weighted by molar-refractivity contribution is -0.123. The van der Waals surface area contributed by atoms with Crippen LogP contribution in [-0.4, -0.2) is 11.8 Å². The number of hydrogen-bond donors (Lipinski definition) is 0. The highest BCUT2D eigenvalue weighted by atomic mass is 16.2. The van der Waals surface area contributed by atoms with E-state index in [1.54, 1.807) is 0 Å². The third-order valence-corrected chi connectivity index (χ3v) is 6.86. The summed E-state index contributed by atoms with van der Waals surface area (Å²) in [6.07, 6.45) is 0.919. The zero-order valence-corrected chi connectivity index (χ0v) is 16.7. The Balaban J connectivity index is 1.63. The highest BCUT2D eigenvalue weighted by molar-refractivity contribution is 6.25. The third kappa shape index (κ3) is 2.37. The SMILES string of the molecule is Cc1ccc(N2C(=O)CC3(CC3(c3ccccc3)c3ccccc3)C2=O)cc1C. The van der Waals surface area contributed by atoms with E-state index in [-0.39, 0.29) is 18.2 Å². The van der Waals surface area contributed by atoms with E-state index in [4.69, 9.17) is 0 Å². The van der Waals surface area contributed by atoms with Crippen molar-refractivity contribution < 1.29 is 9.59 Å². The molecule has 0 N–H and O–H groups in total. The van der Waals surface area contributed by atoms with E-state index in [9.17, 15) is 9.59 Å². The van der Waals surface area contributed by atoms with Crippen molar-refractivity contribution in [1.82, 2.24) is 0 Å². The second kappa shape index (κ2) is 6.15. The molecule has 3 aromatic rings. The first-order valence-electron chi connectivity index (χ1n) is 10.1. The lowest BCUT2D eigenvalue weighted by Crippen LogP contribution is -2.33. The van der Waals surface area contributed by atoms with Crippen molar-refractivity contribution in [3.05, 3.63) is 101 Å². The molecule has 1 saturated carbocycles. The highest BCUT2D eigenvalue weighted by Gasteiger charge is 2.77. The van der Waals surface area contributed by atoms with Crippen LogP contribution in [-0.2, 0) is 15.0 Å². The van der Waals surface area contributed by atoms with Gasteiger partial charge in [-0.2, -0.15) is 0 Å². The Hall–Kier alpha value is -3.20. The molecule has 1 aliphatic heterocycles. The molecular formula is C26H23NO2. The molecule has 1 heterocycles. The molecule has 2 fully saturated rings. The normalized spacial score (nSPS) is 22.3. The quantitative estimate of drug-likeness (QED) is 0.603. The number of anilines is 1. The van der Waals surface area contributed by atoms with Gasteiger partial charge < -0.3 is 0 Å². The van der Waals surface area contributed by atoms with Crippen molar-refractivity contribution in [2.75, 3.05) is 4.90 Å². The molecule has 144 valence electrons. The first-order valence-corrected chi connectivity index (χ1v) is 10.1. The van der Waals surface area contributed by atoms with Gasteiger partial charge in [-0.25, -0.2) is 0 Å². The minimum Gasteiger partial charge on any atom is -0.274 e. The van der Waals surface area contributed by atoms with Crippen molar-refractivity contribution in [3.8, 4) is 0 Å². The lowest BCUT2D eigenvalue weighted by atomic mass is 9.79. The second-order valence-corrected chi connectivity index (χ2v) is 8.38. The van der Waals surface area contributed by atoms with Gasteiger partial charge in [0.15, 0.2) is 0 Å². The Morgan fingerprint density at radius 2 is 1.34 bits per heavy atom. The molecule has 1 aliphatic carbocycles. The van der Waals surface area contributed by atoms with E-state index >= 15 is 0 Å². The molecule has 2 aliphatic rings. The summed E-state index contributed by atoms with van der Waals surface area (Å²) in [4.78, 5) is 28.3. The smallest absolute Gasteiger partial charge is 0.241 e. The van der Waals surface area contributed by atoms with Gasteiger partial charge in [-0.3, -0.25) is 14.5 Å². The molecule has 1 saturated heterocycles. The number of carbonyl (C=O) groups is 2. The van der Waals surface area contributed by atoms with Gasteiger partial charge in [-0.1, -0.05) is 66.7 Å². The van der Waals surface area contributed by atoms with Crippen molar-refractivity contribution in [2.24, 2.45) is 5.41 Å². The summed E-state index contributed by atoms with van der Waals surface area (Å²) < 4.78 is 0. The predicted molar refractivity (Wildman–Crippen MR) is 114 cm³/mol. The molecule has 1 atom stereocenters. The number of carbonyl (C=O) groups excluding carboxylic acids is 2. The van der Waals surface area contributed by atoms with Gasteiger partial charge in [-0.05, 0) is 54.7 Å². The van der Waals surface area contributed by atoms with E-state index in [0.717, 1.165) is 22.3 Å². The second-order valence-electron chi connectivity index (χ2n) is 8.38. The van der Waals surface area contributed by atoms with Crippen LogP contribution in [0.25, 0.3) is 0 Å². The Bertz CT molecular complexity index is 1080. The number of rotatable bonds is 3. The molecule has 2 amide bonds. The minimum absolute atomic E-state index is 0.0709. The van der Waals surface area contributed by atoms with Crippen molar-refractivity contribution >= 4 is 17.5 Å². The molecule has 1 spiro atoms. The molecule has 3 heteroatoms. The van der Waals surface area contributed by atoms with Crippen LogP contribution in [0.1, 0.15) is 35.1 Å². The van der Waals surface area contributed by atoms with Crippen molar-refractivity contribution in [1.29, 1.82) is 0 Å². The average molecular weight is 381 g/mol. The maximum absolute atomic E-state index is 13.8. The average Bonchev–Trinajstić information content (AvgIpc) is 3.35. The van der Waals surface area contributed by atoms with Crippen LogP contribution >= 0.6 is 0 Å². The van der Waals surface area contributed by atoms with Gasteiger partial charge >= 0.3 is 0 Å². The maximum atomic E-state index is 13.8. The molecule has 3 nitrogen and oxygen atoms in total. The van der Waals surface area contributed by atoms with Gasteiger partial charge in [-0.15, -0.1) is 0 Å². The largest absolute Gasteiger partial charge is 0.274 e. The third-order valence-electron chi connectivity index (χ3n) is 6.86. The number of aryl methyl sites for hydroxylation is 2. The van der Waals surface area contributed by atoms with Gasteiger partial charge in [0, 0.05) is 11.8 Å². The van der Waals surface area contributed by atoms with Crippen molar-refractivity contribution in [3.63, 3.8) is 0 Å². The zero-order chi connectivity index (χ0) is 20.2. The summed E-state index contributed by atoms with van der Waals surface area (Å²) >= 11 is 0. The fourth-order valence-corrected chi connectivity index (χ4v) is 5.11. The Labute approximate surface area is 171 Å². The zero-order valence-electron chi connectivity index (χ0n) is 16.7. The van der Waals surface area contributed by atoms with Gasteiger partial charge in [0.25, 0.3) is 0 Å². The Morgan fingerprint density at radius 1 is 0.759 bits per heavy atom. The van der Waals surface area contributed by atoms with Crippen molar-refractivity contribution in [2.45, 2.75) is 32.1 Å². The molecule has 0 bridgehead atoms. The summed E-state index contributed by atoms with van der Waals surface area (Å²) in [5.41, 5.74) is 3.97. The summed E-state index contributed by atoms with van der Waals surface area (Å²) in [6.45, 7) is 4.04. The monoisotopic (exact) mass is 381 g/mol. The van der Waals surface area contributed by atoms with E-state index < -0.39 is 10.8 Å².